The molecule has 2 saturated carbocycles. The molecule has 1 nitrogen and oxygen atoms in total. The van der Waals surface area contributed by atoms with Gasteiger partial charge in [0.2, 0.25) is 0 Å². The maximum absolute atomic E-state index is 3.86. The minimum Gasteiger partial charge on any atom is -0.314 e. The van der Waals surface area contributed by atoms with E-state index in [4.69, 9.17) is 0 Å². The molecule has 0 amide bonds. The van der Waals surface area contributed by atoms with Crippen molar-refractivity contribution < 1.29 is 0 Å². The van der Waals surface area contributed by atoms with Crippen LogP contribution in [0.5, 0.6) is 0 Å². The van der Waals surface area contributed by atoms with E-state index in [1.54, 1.807) is 11.1 Å². The van der Waals surface area contributed by atoms with Gasteiger partial charge in [0.15, 0.2) is 0 Å². The first-order valence-electron chi connectivity index (χ1n) is 9.19. The Morgan fingerprint density at radius 2 is 1.95 bits per heavy atom. The van der Waals surface area contributed by atoms with Gasteiger partial charge in [-0.15, -0.1) is 0 Å². The van der Waals surface area contributed by atoms with Gasteiger partial charge in [0.1, 0.15) is 0 Å². The van der Waals surface area contributed by atoms with Crippen LogP contribution in [0.1, 0.15) is 62.5 Å². The highest BCUT2D eigenvalue weighted by Gasteiger charge is 2.56. The summed E-state index contributed by atoms with van der Waals surface area (Å²) in [4.78, 5) is 0. The molecule has 0 saturated heterocycles. The lowest BCUT2D eigenvalue weighted by atomic mass is 9.91. The summed E-state index contributed by atoms with van der Waals surface area (Å²) >= 11 is 0. The van der Waals surface area contributed by atoms with E-state index < -0.39 is 0 Å². The van der Waals surface area contributed by atoms with Crippen molar-refractivity contribution >= 4 is 0 Å². The van der Waals surface area contributed by atoms with E-state index in [2.05, 4.69) is 36.5 Å². The van der Waals surface area contributed by atoms with Crippen LogP contribution in [0.4, 0.5) is 0 Å². The fraction of sp³-hybridized carbons (Fsp3) is 0.700. The first-order valence-corrected chi connectivity index (χ1v) is 9.19. The molecule has 0 radical (unpaired) electrons. The second kappa shape index (κ2) is 5.76. The predicted octanol–water partition coefficient (Wildman–Crippen LogP) is 4.52. The summed E-state index contributed by atoms with van der Waals surface area (Å²) < 4.78 is 0. The van der Waals surface area contributed by atoms with Crippen LogP contribution in [0.15, 0.2) is 24.3 Å². The summed E-state index contributed by atoms with van der Waals surface area (Å²) in [5, 5.41) is 3.86. The Balaban J connectivity index is 1.50. The quantitative estimate of drug-likeness (QED) is 0.837. The summed E-state index contributed by atoms with van der Waals surface area (Å²) in [5.41, 5.74) is 3.32. The highest BCUT2D eigenvalue weighted by atomic mass is 14.9. The van der Waals surface area contributed by atoms with E-state index in [1.807, 2.05) is 0 Å². The Morgan fingerprint density at radius 1 is 1.14 bits per heavy atom. The maximum atomic E-state index is 3.86. The Labute approximate surface area is 129 Å². The second-order valence-corrected chi connectivity index (χ2v) is 7.55. The van der Waals surface area contributed by atoms with Gasteiger partial charge in [-0.05, 0) is 60.6 Å². The normalized spacial score (nSPS) is 32.5. The predicted molar refractivity (Wildman–Crippen MR) is 88.5 cm³/mol. The lowest BCUT2D eigenvalue weighted by Gasteiger charge is -2.22. The van der Waals surface area contributed by atoms with Crippen LogP contribution in [0.25, 0.3) is 0 Å². The Hall–Kier alpha value is -0.820. The SMILES string of the molecule is CCNC(CC1CCCC1)C1C2CCc3ccccc3C21. The third kappa shape index (κ3) is 2.54. The van der Waals surface area contributed by atoms with Crippen molar-refractivity contribution in [3.8, 4) is 0 Å². The topological polar surface area (TPSA) is 12.0 Å². The Morgan fingerprint density at radius 3 is 2.76 bits per heavy atom. The average molecular weight is 283 g/mol. The van der Waals surface area contributed by atoms with Gasteiger partial charge in [-0.3, -0.25) is 0 Å². The third-order valence-corrected chi connectivity index (χ3v) is 6.38. The fourth-order valence-corrected chi connectivity index (χ4v) is 5.41. The number of fused-ring (bicyclic) bond motifs is 3. The lowest BCUT2D eigenvalue weighted by Crippen LogP contribution is -2.33. The average Bonchev–Trinajstić information content (AvgIpc) is 3.04. The molecule has 0 heterocycles. The molecule has 4 atom stereocenters. The van der Waals surface area contributed by atoms with Crippen LogP contribution in [-0.2, 0) is 6.42 Å². The Kier molecular flexibility index (Phi) is 3.79. The van der Waals surface area contributed by atoms with Gasteiger partial charge in [0.05, 0.1) is 0 Å². The van der Waals surface area contributed by atoms with E-state index in [9.17, 15) is 0 Å². The molecule has 0 aromatic heterocycles. The van der Waals surface area contributed by atoms with Gasteiger partial charge in [-0.2, -0.15) is 0 Å². The van der Waals surface area contributed by atoms with Crippen molar-refractivity contribution in [1.82, 2.24) is 5.32 Å². The number of nitrogens with one attached hydrogen (secondary N) is 1. The summed E-state index contributed by atoms with van der Waals surface area (Å²) in [6.45, 7) is 3.41. The zero-order chi connectivity index (χ0) is 14.2. The molecule has 0 bridgehead atoms. The highest BCUT2D eigenvalue weighted by molar-refractivity contribution is 5.40. The maximum Gasteiger partial charge on any atom is 0.0107 e. The van der Waals surface area contributed by atoms with Crippen molar-refractivity contribution in [2.24, 2.45) is 17.8 Å². The third-order valence-electron chi connectivity index (χ3n) is 6.38. The van der Waals surface area contributed by atoms with Crippen molar-refractivity contribution in [2.75, 3.05) is 6.54 Å². The molecule has 1 N–H and O–H groups in total. The van der Waals surface area contributed by atoms with E-state index in [1.165, 1.54) is 44.9 Å². The summed E-state index contributed by atoms with van der Waals surface area (Å²) in [7, 11) is 0. The smallest absolute Gasteiger partial charge is 0.0107 e. The fourth-order valence-electron chi connectivity index (χ4n) is 5.41. The molecule has 3 aliphatic carbocycles. The zero-order valence-electron chi connectivity index (χ0n) is 13.4. The molecule has 4 rings (SSSR count). The summed E-state index contributed by atoms with van der Waals surface area (Å²) in [5.74, 6) is 3.78. The van der Waals surface area contributed by atoms with E-state index >= 15 is 0 Å². The van der Waals surface area contributed by atoms with Crippen LogP contribution in [-0.4, -0.2) is 12.6 Å². The van der Waals surface area contributed by atoms with E-state index in [-0.39, 0.29) is 0 Å². The van der Waals surface area contributed by atoms with Crippen molar-refractivity contribution in [3.63, 3.8) is 0 Å². The molecule has 114 valence electrons. The summed E-state index contributed by atoms with van der Waals surface area (Å²) in [6.07, 6.45) is 10.1. The van der Waals surface area contributed by atoms with Gasteiger partial charge in [0.25, 0.3) is 0 Å². The number of hydrogen-bond acceptors (Lipinski definition) is 1. The molecule has 21 heavy (non-hydrogen) atoms. The second-order valence-electron chi connectivity index (χ2n) is 7.55. The van der Waals surface area contributed by atoms with Crippen LogP contribution >= 0.6 is 0 Å². The Bertz CT molecular complexity index is 488. The van der Waals surface area contributed by atoms with Crippen molar-refractivity contribution in [2.45, 2.75) is 63.8 Å². The van der Waals surface area contributed by atoms with Gasteiger partial charge >= 0.3 is 0 Å². The molecule has 1 aromatic carbocycles. The standard InChI is InChI=1S/C20H29N/c1-2-21-18(13-14-7-3-4-8-14)20-17-12-11-15-9-5-6-10-16(15)19(17)20/h5-6,9-10,14,17-21H,2-4,7-8,11-13H2,1H3. The molecular weight excluding hydrogens is 254 g/mol. The molecule has 3 aliphatic rings. The van der Waals surface area contributed by atoms with Crippen LogP contribution in [0.3, 0.4) is 0 Å². The minimum atomic E-state index is 0.777. The monoisotopic (exact) mass is 283 g/mol. The molecule has 1 heteroatoms. The first kappa shape index (κ1) is 13.8. The number of hydrogen-bond donors (Lipinski definition) is 1. The van der Waals surface area contributed by atoms with E-state index in [0.717, 1.165) is 36.3 Å². The van der Waals surface area contributed by atoms with Gasteiger partial charge < -0.3 is 5.32 Å². The van der Waals surface area contributed by atoms with Crippen LogP contribution < -0.4 is 5.32 Å². The lowest BCUT2D eigenvalue weighted by molar-refractivity contribution is 0.348. The molecule has 2 fully saturated rings. The summed E-state index contributed by atoms with van der Waals surface area (Å²) in [6, 6.07) is 10.0. The van der Waals surface area contributed by atoms with Crippen molar-refractivity contribution in [3.05, 3.63) is 35.4 Å². The number of rotatable bonds is 5. The molecular formula is C20H29N. The van der Waals surface area contributed by atoms with Gasteiger partial charge in [-0.1, -0.05) is 56.9 Å². The minimum absolute atomic E-state index is 0.777. The molecule has 4 unspecified atom stereocenters. The van der Waals surface area contributed by atoms with Gasteiger partial charge in [0, 0.05) is 6.04 Å². The van der Waals surface area contributed by atoms with Crippen molar-refractivity contribution in [1.29, 1.82) is 0 Å². The number of aryl methyl sites for hydroxylation is 1. The zero-order valence-corrected chi connectivity index (χ0v) is 13.4. The van der Waals surface area contributed by atoms with E-state index in [0.29, 0.717) is 0 Å². The van der Waals surface area contributed by atoms with Crippen LogP contribution in [0, 0.1) is 17.8 Å². The largest absolute Gasteiger partial charge is 0.314 e. The molecule has 1 aromatic rings. The molecule has 0 aliphatic heterocycles. The highest BCUT2D eigenvalue weighted by Crippen LogP contribution is 2.62. The van der Waals surface area contributed by atoms with Gasteiger partial charge in [-0.25, -0.2) is 0 Å². The number of benzene rings is 1. The van der Waals surface area contributed by atoms with Crippen LogP contribution in [0.2, 0.25) is 0 Å². The molecule has 0 spiro atoms. The first-order chi connectivity index (χ1) is 10.4.